The lowest BCUT2D eigenvalue weighted by atomic mass is 10.0. The number of hydrogen-bond donors (Lipinski definition) is 1. The number of nitrogens with two attached hydrogens (primary N) is 1. The van der Waals surface area contributed by atoms with Crippen molar-refractivity contribution in [3.63, 3.8) is 0 Å². The van der Waals surface area contributed by atoms with Crippen LogP contribution in [0.3, 0.4) is 0 Å². The number of carbonyl (C=O) groups is 2. The summed E-state index contributed by atoms with van der Waals surface area (Å²) in [6.45, 7) is 1.41. The van der Waals surface area contributed by atoms with Gasteiger partial charge in [0.1, 0.15) is 5.78 Å². The van der Waals surface area contributed by atoms with Gasteiger partial charge in [0, 0.05) is 18.8 Å². The van der Waals surface area contributed by atoms with Crippen LogP contribution < -0.4 is 5.73 Å². The molecule has 1 amide bonds. The Hall–Kier alpha value is -1.07. The third kappa shape index (κ3) is 6.45. The minimum Gasteiger partial charge on any atom is -0.369 e. The lowest BCUT2D eigenvalue weighted by Gasteiger charge is -2.07. The van der Waals surface area contributed by atoms with Gasteiger partial charge in [0.05, 0.1) is 6.42 Å². The van der Waals surface area contributed by atoms with Gasteiger partial charge >= 0.3 is 6.18 Å². The maximum absolute atomic E-state index is 11.7. The fourth-order valence-electron chi connectivity index (χ4n) is 0.825. The molecule has 0 saturated heterocycles. The van der Waals surface area contributed by atoms with Crippen molar-refractivity contribution >= 4 is 11.7 Å². The predicted octanol–water partition coefficient (Wildman–Crippen LogP) is 1.41. The lowest BCUT2D eigenvalue weighted by Crippen LogP contribution is -2.23. The van der Waals surface area contributed by atoms with Crippen molar-refractivity contribution < 1.29 is 22.8 Å². The fourth-order valence-corrected chi connectivity index (χ4v) is 0.825. The molecule has 0 heterocycles. The normalized spacial score (nSPS) is 13.7. The van der Waals surface area contributed by atoms with Crippen LogP contribution in [0.5, 0.6) is 0 Å². The monoisotopic (exact) mass is 211 g/mol. The van der Waals surface area contributed by atoms with Crippen molar-refractivity contribution in [3.05, 3.63) is 0 Å². The first-order valence-electron chi connectivity index (χ1n) is 4.10. The van der Waals surface area contributed by atoms with Crippen LogP contribution in [0, 0.1) is 5.92 Å². The van der Waals surface area contributed by atoms with Crippen LogP contribution in [-0.4, -0.2) is 17.9 Å². The van der Waals surface area contributed by atoms with Gasteiger partial charge in [0.15, 0.2) is 0 Å². The molecule has 82 valence electrons. The van der Waals surface area contributed by atoms with Crippen molar-refractivity contribution in [2.24, 2.45) is 11.7 Å². The number of ketones is 1. The van der Waals surface area contributed by atoms with E-state index in [4.69, 9.17) is 5.73 Å². The van der Waals surface area contributed by atoms with E-state index in [9.17, 15) is 22.8 Å². The van der Waals surface area contributed by atoms with E-state index in [-0.39, 0.29) is 6.42 Å². The molecule has 0 fully saturated rings. The van der Waals surface area contributed by atoms with Crippen molar-refractivity contribution in [1.82, 2.24) is 0 Å². The molecule has 0 rings (SSSR count). The van der Waals surface area contributed by atoms with Crippen LogP contribution in [0.25, 0.3) is 0 Å². The summed E-state index contributed by atoms with van der Waals surface area (Å²) in [7, 11) is 0. The Kier molecular flexibility index (Phi) is 4.59. The molecule has 0 bridgehead atoms. The highest BCUT2D eigenvalue weighted by atomic mass is 19.4. The van der Waals surface area contributed by atoms with Crippen LogP contribution in [0.2, 0.25) is 0 Å². The first-order valence-corrected chi connectivity index (χ1v) is 4.10. The maximum atomic E-state index is 11.7. The Bertz CT molecular complexity index is 225. The Balaban J connectivity index is 3.83. The Morgan fingerprint density at radius 1 is 1.36 bits per heavy atom. The van der Waals surface area contributed by atoms with Gasteiger partial charge in [-0.1, -0.05) is 6.92 Å². The topological polar surface area (TPSA) is 60.2 Å². The average molecular weight is 211 g/mol. The summed E-state index contributed by atoms with van der Waals surface area (Å²) >= 11 is 0. The fraction of sp³-hybridized carbons (Fsp3) is 0.750. The smallest absolute Gasteiger partial charge is 0.369 e. The molecule has 0 aliphatic heterocycles. The first-order chi connectivity index (χ1) is 6.22. The molecule has 0 unspecified atom stereocenters. The van der Waals surface area contributed by atoms with Crippen LogP contribution >= 0.6 is 0 Å². The Labute approximate surface area is 79.5 Å². The van der Waals surface area contributed by atoms with Gasteiger partial charge in [-0.3, -0.25) is 9.59 Å². The summed E-state index contributed by atoms with van der Waals surface area (Å²) in [5, 5.41) is 0. The zero-order valence-electron chi connectivity index (χ0n) is 7.73. The van der Waals surface area contributed by atoms with E-state index < -0.39 is 36.6 Å². The zero-order valence-corrected chi connectivity index (χ0v) is 7.73. The number of halogens is 3. The molecule has 0 aromatic carbocycles. The second kappa shape index (κ2) is 4.97. The van der Waals surface area contributed by atoms with Crippen molar-refractivity contribution in [3.8, 4) is 0 Å². The Morgan fingerprint density at radius 2 is 1.86 bits per heavy atom. The minimum atomic E-state index is -4.33. The van der Waals surface area contributed by atoms with Crippen LogP contribution in [0.15, 0.2) is 0 Å². The van der Waals surface area contributed by atoms with E-state index in [0.717, 1.165) is 0 Å². The molecule has 0 radical (unpaired) electrons. The summed E-state index contributed by atoms with van der Waals surface area (Å²) in [6.07, 6.45) is -6.27. The number of rotatable bonds is 5. The van der Waals surface area contributed by atoms with Gasteiger partial charge in [-0.25, -0.2) is 0 Å². The van der Waals surface area contributed by atoms with E-state index in [1.807, 2.05) is 0 Å². The van der Waals surface area contributed by atoms with Gasteiger partial charge < -0.3 is 5.73 Å². The highest BCUT2D eigenvalue weighted by Crippen LogP contribution is 2.22. The number of hydrogen-bond acceptors (Lipinski definition) is 2. The molecule has 6 heteroatoms. The van der Waals surface area contributed by atoms with Gasteiger partial charge in [-0.05, 0) is 0 Å². The third-order valence-corrected chi connectivity index (χ3v) is 1.71. The maximum Gasteiger partial charge on any atom is 0.389 e. The summed E-state index contributed by atoms with van der Waals surface area (Å²) < 4.78 is 35.0. The molecule has 0 spiro atoms. The van der Waals surface area contributed by atoms with Gasteiger partial charge in [0.25, 0.3) is 0 Å². The standard InChI is InChI=1S/C8H12F3NO2/c1-5(7(12)14)4-6(13)2-3-8(9,10)11/h5H,2-4H2,1H3,(H2,12,14)/t5-/m1/s1. The van der Waals surface area contributed by atoms with Crippen molar-refractivity contribution in [2.75, 3.05) is 0 Å². The molecule has 0 aromatic rings. The molecule has 0 aliphatic rings. The average Bonchev–Trinajstić information content (AvgIpc) is 1.99. The van der Waals surface area contributed by atoms with Crippen LogP contribution in [-0.2, 0) is 9.59 Å². The Morgan fingerprint density at radius 3 is 2.21 bits per heavy atom. The van der Waals surface area contributed by atoms with E-state index in [1.165, 1.54) is 6.92 Å². The molecular weight excluding hydrogens is 199 g/mol. The molecule has 2 N–H and O–H groups in total. The van der Waals surface area contributed by atoms with Crippen molar-refractivity contribution in [2.45, 2.75) is 32.4 Å². The number of carbonyl (C=O) groups excluding carboxylic acids is 2. The molecule has 0 saturated carbocycles. The van der Waals surface area contributed by atoms with Gasteiger partial charge in [-0.2, -0.15) is 13.2 Å². The summed E-state index contributed by atoms with van der Waals surface area (Å²) in [6, 6.07) is 0. The SMILES string of the molecule is C[C@H](CC(=O)CCC(F)(F)F)C(N)=O. The zero-order chi connectivity index (χ0) is 11.4. The molecule has 1 atom stereocenters. The molecule has 0 aliphatic carbocycles. The highest BCUT2D eigenvalue weighted by molar-refractivity contribution is 5.85. The van der Waals surface area contributed by atoms with E-state index in [2.05, 4.69) is 0 Å². The highest BCUT2D eigenvalue weighted by Gasteiger charge is 2.28. The second-order valence-electron chi connectivity index (χ2n) is 3.16. The van der Waals surface area contributed by atoms with E-state index >= 15 is 0 Å². The molecular formula is C8H12F3NO2. The van der Waals surface area contributed by atoms with E-state index in [0.29, 0.717) is 0 Å². The third-order valence-electron chi connectivity index (χ3n) is 1.71. The lowest BCUT2D eigenvalue weighted by molar-refractivity contribution is -0.143. The number of primary amides is 1. The number of alkyl halides is 3. The predicted molar refractivity (Wildman–Crippen MR) is 43.3 cm³/mol. The molecule has 0 aromatic heterocycles. The molecule has 14 heavy (non-hydrogen) atoms. The number of Topliss-reactive ketones (excluding diaryl/α,β-unsaturated/α-hetero) is 1. The quantitative estimate of drug-likeness (QED) is 0.747. The van der Waals surface area contributed by atoms with Crippen LogP contribution in [0.1, 0.15) is 26.2 Å². The molecule has 3 nitrogen and oxygen atoms in total. The summed E-state index contributed by atoms with van der Waals surface area (Å²) in [5.41, 5.74) is 4.85. The first kappa shape index (κ1) is 12.9. The largest absolute Gasteiger partial charge is 0.389 e. The second-order valence-corrected chi connectivity index (χ2v) is 3.16. The van der Waals surface area contributed by atoms with Gasteiger partial charge in [0.2, 0.25) is 5.91 Å². The summed E-state index contributed by atoms with van der Waals surface area (Å²) in [5.74, 6) is -1.96. The van der Waals surface area contributed by atoms with Gasteiger partial charge in [-0.15, -0.1) is 0 Å². The van der Waals surface area contributed by atoms with Crippen molar-refractivity contribution in [1.29, 1.82) is 0 Å². The minimum absolute atomic E-state index is 0.217. The van der Waals surface area contributed by atoms with E-state index in [1.54, 1.807) is 0 Å². The van der Waals surface area contributed by atoms with Crippen LogP contribution in [0.4, 0.5) is 13.2 Å². The summed E-state index contributed by atoms with van der Waals surface area (Å²) in [4.78, 5) is 21.4. The number of amides is 1.